The van der Waals surface area contributed by atoms with Crippen molar-refractivity contribution in [2.45, 2.75) is 38.5 Å². The number of hydrogen-bond acceptors (Lipinski definition) is 4. The molecular formula is C34H33N5O. The zero-order chi connectivity index (χ0) is 27.1. The SMILES string of the molecule is Cc1ccc2c(c1)=CN(c1ccccc1)C(c1ccc(CN3CCC(n4c(=O)[nH]c5ccccc54)CC3)cc1)N=2. The molecule has 1 aromatic heterocycles. The Hall–Kier alpha value is -4.42. The van der Waals surface area contributed by atoms with E-state index in [2.05, 4.69) is 94.6 Å². The molecule has 0 spiro atoms. The van der Waals surface area contributed by atoms with Crippen molar-refractivity contribution in [1.82, 2.24) is 14.5 Å². The maximum atomic E-state index is 12.7. The largest absolute Gasteiger partial charge is 0.326 e. The van der Waals surface area contributed by atoms with Crippen LogP contribution in [-0.2, 0) is 6.54 Å². The molecule has 2 aliphatic heterocycles. The molecule has 3 heterocycles. The fraction of sp³-hybridized carbons (Fsp3) is 0.235. The van der Waals surface area contributed by atoms with Gasteiger partial charge in [0.1, 0.15) is 0 Å². The Balaban J connectivity index is 1.08. The topological polar surface area (TPSA) is 56.6 Å². The summed E-state index contributed by atoms with van der Waals surface area (Å²) in [5, 5.41) is 2.18. The minimum absolute atomic E-state index is 0.00270. The summed E-state index contributed by atoms with van der Waals surface area (Å²) in [7, 11) is 0. The van der Waals surface area contributed by atoms with Crippen LogP contribution in [0.5, 0.6) is 0 Å². The predicted molar refractivity (Wildman–Crippen MR) is 161 cm³/mol. The van der Waals surface area contributed by atoms with Crippen molar-refractivity contribution in [3.05, 3.63) is 135 Å². The van der Waals surface area contributed by atoms with Crippen LogP contribution in [0.25, 0.3) is 17.2 Å². The third kappa shape index (κ3) is 4.65. The van der Waals surface area contributed by atoms with Crippen LogP contribution in [0.4, 0.5) is 5.69 Å². The van der Waals surface area contributed by atoms with E-state index in [9.17, 15) is 4.79 Å². The maximum absolute atomic E-state index is 12.7. The van der Waals surface area contributed by atoms with E-state index in [1.807, 2.05) is 34.9 Å². The summed E-state index contributed by atoms with van der Waals surface area (Å²) in [6.07, 6.45) is 4.06. The number of aromatic amines is 1. The molecule has 2 aliphatic rings. The summed E-state index contributed by atoms with van der Waals surface area (Å²) in [6.45, 7) is 4.98. The van der Waals surface area contributed by atoms with E-state index < -0.39 is 0 Å². The number of nitrogens with one attached hydrogen (secondary N) is 1. The number of anilines is 1. The average molecular weight is 528 g/mol. The molecule has 1 fully saturated rings. The van der Waals surface area contributed by atoms with Gasteiger partial charge in [0.15, 0.2) is 6.17 Å². The van der Waals surface area contributed by atoms with Crippen molar-refractivity contribution in [2.75, 3.05) is 18.0 Å². The molecule has 6 nitrogen and oxygen atoms in total. The Bertz CT molecular complexity index is 1830. The summed E-state index contributed by atoms with van der Waals surface area (Å²) < 4.78 is 1.96. The van der Waals surface area contributed by atoms with Crippen LogP contribution in [0, 0.1) is 6.92 Å². The van der Waals surface area contributed by atoms with Gasteiger partial charge in [0, 0.05) is 42.8 Å². The van der Waals surface area contributed by atoms with Crippen molar-refractivity contribution >= 4 is 22.9 Å². The van der Waals surface area contributed by atoms with Gasteiger partial charge < -0.3 is 9.88 Å². The number of nitrogens with zero attached hydrogens (tertiary/aromatic N) is 4. The number of piperidine rings is 1. The number of aromatic nitrogens is 2. The highest BCUT2D eigenvalue weighted by atomic mass is 16.1. The summed E-state index contributed by atoms with van der Waals surface area (Å²) >= 11 is 0. The van der Waals surface area contributed by atoms with Gasteiger partial charge in [-0.3, -0.25) is 14.5 Å². The quantitative estimate of drug-likeness (QED) is 0.348. The number of benzene rings is 4. The number of imidazole rings is 1. The van der Waals surface area contributed by atoms with Gasteiger partial charge in [0.05, 0.1) is 16.4 Å². The summed E-state index contributed by atoms with van der Waals surface area (Å²) in [5.41, 5.74) is 6.77. The van der Waals surface area contributed by atoms with E-state index in [-0.39, 0.29) is 17.9 Å². The zero-order valence-electron chi connectivity index (χ0n) is 22.7. The Morgan fingerprint density at radius 3 is 2.42 bits per heavy atom. The van der Waals surface area contributed by atoms with Crippen molar-refractivity contribution in [1.29, 1.82) is 0 Å². The number of aryl methyl sites for hydroxylation is 1. The van der Waals surface area contributed by atoms with Gasteiger partial charge in [-0.2, -0.15) is 0 Å². The van der Waals surface area contributed by atoms with Crippen LogP contribution in [0.1, 0.15) is 41.7 Å². The molecule has 7 rings (SSSR count). The highest BCUT2D eigenvalue weighted by Gasteiger charge is 2.24. The lowest BCUT2D eigenvalue weighted by atomic mass is 10.0. The first kappa shape index (κ1) is 24.6. The van der Waals surface area contributed by atoms with Gasteiger partial charge in [-0.25, -0.2) is 4.79 Å². The molecule has 0 radical (unpaired) electrons. The second-order valence-corrected chi connectivity index (χ2v) is 11.0. The lowest BCUT2D eigenvalue weighted by Crippen LogP contribution is -2.38. The normalized spacial score (nSPS) is 17.8. The average Bonchev–Trinajstić information content (AvgIpc) is 3.33. The third-order valence-electron chi connectivity index (χ3n) is 8.27. The molecule has 40 heavy (non-hydrogen) atoms. The molecule has 1 atom stereocenters. The van der Waals surface area contributed by atoms with E-state index in [1.165, 1.54) is 16.7 Å². The van der Waals surface area contributed by atoms with Crippen LogP contribution in [-0.4, -0.2) is 27.5 Å². The van der Waals surface area contributed by atoms with E-state index >= 15 is 0 Å². The standard InChI is InChI=1S/C34H33N5O/c1-24-11-16-30-27(21-24)23-38(28-7-3-2-4-8-28)33(35-30)26-14-12-25(13-15-26)22-37-19-17-29(18-20-37)39-32-10-6-5-9-31(32)36-34(39)40/h2-16,21,23,29,33H,17-20,22H2,1H3,(H,36,40). The number of H-pyrrole nitrogens is 1. The zero-order valence-corrected chi connectivity index (χ0v) is 22.7. The van der Waals surface area contributed by atoms with Crippen LogP contribution in [0.2, 0.25) is 0 Å². The summed E-state index contributed by atoms with van der Waals surface area (Å²) in [5.74, 6) is 0. The molecular weight excluding hydrogens is 494 g/mol. The van der Waals surface area contributed by atoms with Gasteiger partial charge in [-0.05, 0) is 67.3 Å². The number of likely N-dealkylation sites (tertiary alicyclic amines) is 1. The molecule has 1 N–H and O–H groups in total. The van der Waals surface area contributed by atoms with E-state index in [4.69, 9.17) is 4.99 Å². The summed E-state index contributed by atoms with van der Waals surface area (Å²) in [4.78, 5) is 25.6. The predicted octanol–water partition coefficient (Wildman–Crippen LogP) is 5.05. The van der Waals surface area contributed by atoms with Crippen LogP contribution < -0.4 is 21.2 Å². The minimum Gasteiger partial charge on any atom is -0.321 e. The first-order valence-corrected chi connectivity index (χ1v) is 14.1. The van der Waals surface area contributed by atoms with Crippen molar-refractivity contribution in [3.63, 3.8) is 0 Å². The van der Waals surface area contributed by atoms with Gasteiger partial charge >= 0.3 is 5.69 Å². The van der Waals surface area contributed by atoms with E-state index in [1.54, 1.807) is 0 Å². The molecule has 5 aromatic rings. The van der Waals surface area contributed by atoms with Crippen molar-refractivity contribution in [3.8, 4) is 0 Å². The molecule has 0 aliphatic carbocycles. The molecule has 6 heteroatoms. The lowest BCUT2D eigenvalue weighted by Gasteiger charge is -2.33. The Morgan fingerprint density at radius 1 is 0.875 bits per heavy atom. The molecule has 0 amide bonds. The summed E-state index contributed by atoms with van der Waals surface area (Å²) in [6, 6.07) is 34.1. The molecule has 1 unspecified atom stereocenters. The van der Waals surface area contributed by atoms with E-state index in [0.29, 0.717) is 0 Å². The molecule has 4 aromatic carbocycles. The van der Waals surface area contributed by atoms with Crippen molar-refractivity contribution in [2.24, 2.45) is 4.99 Å². The van der Waals surface area contributed by atoms with E-state index in [0.717, 1.165) is 59.8 Å². The Labute approximate surface area is 233 Å². The second kappa shape index (κ2) is 10.3. The first-order valence-electron chi connectivity index (χ1n) is 14.1. The highest BCUT2D eigenvalue weighted by molar-refractivity contribution is 5.75. The first-order chi connectivity index (χ1) is 19.6. The molecule has 1 saturated heterocycles. The van der Waals surface area contributed by atoms with Gasteiger partial charge in [-0.1, -0.05) is 66.2 Å². The van der Waals surface area contributed by atoms with Crippen LogP contribution in [0.3, 0.4) is 0 Å². The Kier molecular flexibility index (Phi) is 6.33. The lowest BCUT2D eigenvalue weighted by molar-refractivity contribution is 0.180. The molecule has 0 bridgehead atoms. The number of hydrogen-bond donors (Lipinski definition) is 1. The fourth-order valence-corrected chi connectivity index (χ4v) is 6.19. The van der Waals surface area contributed by atoms with Crippen molar-refractivity contribution < 1.29 is 0 Å². The number of rotatable bonds is 5. The van der Waals surface area contributed by atoms with Gasteiger partial charge in [0.25, 0.3) is 0 Å². The van der Waals surface area contributed by atoms with Crippen LogP contribution >= 0.6 is 0 Å². The second-order valence-electron chi connectivity index (χ2n) is 11.0. The monoisotopic (exact) mass is 527 g/mol. The van der Waals surface area contributed by atoms with Gasteiger partial charge in [0.2, 0.25) is 0 Å². The molecule has 0 saturated carbocycles. The third-order valence-corrected chi connectivity index (χ3v) is 8.27. The fourth-order valence-electron chi connectivity index (χ4n) is 6.19. The smallest absolute Gasteiger partial charge is 0.321 e. The number of fused-ring (bicyclic) bond motifs is 2. The Morgan fingerprint density at radius 2 is 1.62 bits per heavy atom. The van der Waals surface area contributed by atoms with Crippen LogP contribution in [0.15, 0.2) is 107 Å². The maximum Gasteiger partial charge on any atom is 0.326 e. The minimum atomic E-state index is -0.114. The van der Waals surface area contributed by atoms with Gasteiger partial charge in [-0.15, -0.1) is 0 Å². The number of para-hydroxylation sites is 3. The molecule has 200 valence electrons. The highest BCUT2D eigenvalue weighted by Crippen LogP contribution is 2.30.